The molecule has 0 atom stereocenters. The van der Waals surface area contributed by atoms with Crippen molar-refractivity contribution in [3.05, 3.63) is 59.7 Å². The molecule has 1 heterocycles. The van der Waals surface area contributed by atoms with Crippen LogP contribution in [0.4, 0.5) is 0 Å². The van der Waals surface area contributed by atoms with E-state index in [1.807, 2.05) is 47.9 Å². The fourth-order valence-corrected chi connectivity index (χ4v) is 3.75. The van der Waals surface area contributed by atoms with Gasteiger partial charge in [-0.2, -0.15) is 0 Å². The smallest absolute Gasteiger partial charge is 0.338 e. The normalized spacial score (nSPS) is 10.8. The van der Waals surface area contributed by atoms with Gasteiger partial charge in [-0.15, -0.1) is 0 Å². The van der Waals surface area contributed by atoms with E-state index in [4.69, 9.17) is 4.74 Å². The van der Waals surface area contributed by atoms with Gasteiger partial charge in [-0.05, 0) is 37.6 Å². The second-order valence-electron chi connectivity index (χ2n) is 6.11. The van der Waals surface area contributed by atoms with Crippen molar-refractivity contribution in [2.24, 2.45) is 0 Å². The van der Waals surface area contributed by atoms with Crippen LogP contribution in [0.1, 0.15) is 29.8 Å². The Balaban J connectivity index is 1.68. The van der Waals surface area contributed by atoms with Gasteiger partial charge in [0.15, 0.2) is 5.16 Å². The van der Waals surface area contributed by atoms with Crippen LogP contribution in [0, 0.1) is 0 Å². The van der Waals surface area contributed by atoms with Crippen molar-refractivity contribution in [1.82, 2.24) is 14.9 Å². The topological polar surface area (TPSA) is 73.2 Å². The Labute approximate surface area is 168 Å². The van der Waals surface area contributed by atoms with Crippen molar-refractivity contribution in [2.75, 3.05) is 12.4 Å². The Bertz CT molecular complexity index is 970. The predicted molar refractivity (Wildman–Crippen MR) is 110 cm³/mol. The van der Waals surface area contributed by atoms with Crippen molar-refractivity contribution in [3.63, 3.8) is 0 Å². The van der Waals surface area contributed by atoms with Crippen molar-refractivity contribution >= 4 is 34.7 Å². The zero-order chi connectivity index (χ0) is 19.9. The molecule has 0 aliphatic heterocycles. The Morgan fingerprint density at radius 1 is 1.14 bits per heavy atom. The third-order valence-electron chi connectivity index (χ3n) is 4.21. The summed E-state index contributed by atoms with van der Waals surface area (Å²) in [5.41, 5.74) is 3.20. The van der Waals surface area contributed by atoms with Crippen LogP contribution < -0.4 is 5.32 Å². The highest BCUT2D eigenvalue weighted by atomic mass is 32.2. The zero-order valence-electron chi connectivity index (χ0n) is 16.0. The molecule has 0 aliphatic carbocycles. The largest absolute Gasteiger partial charge is 0.462 e. The highest BCUT2D eigenvalue weighted by molar-refractivity contribution is 7.99. The van der Waals surface area contributed by atoms with E-state index in [0.717, 1.165) is 28.3 Å². The molecule has 0 aliphatic rings. The summed E-state index contributed by atoms with van der Waals surface area (Å²) < 4.78 is 7.09. The number of carbonyl (C=O) groups excluding carboxylic acids is 2. The number of nitrogens with one attached hydrogen (secondary N) is 1. The summed E-state index contributed by atoms with van der Waals surface area (Å²) in [6, 6.07) is 15.2. The summed E-state index contributed by atoms with van der Waals surface area (Å²) in [5.74, 6) is -0.123. The van der Waals surface area contributed by atoms with Gasteiger partial charge in [-0.3, -0.25) is 4.79 Å². The molecule has 0 spiro atoms. The SMILES string of the molecule is CCOC(=O)c1ccc2c(c1)nc(SCC(=O)NCc1ccccc1)n2CC. The van der Waals surface area contributed by atoms with Crippen molar-refractivity contribution in [2.45, 2.75) is 32.1 Å². The van der Waals surface area contributed by atoms with Crippen LogP contribution in [0.5, 0.6) is 0 Å². The van der Waals surface area contributed by atoms with Gasteiger partial charge in [0.25, 0.3) is 0 Å². The number of hydrogen-bond acceptors (Lipinski definition) is 5. The molecule has 1 amide bonds. The summed E-state index contributed by atoms with van der Waals surface area (Å²) >= 11 is 1.39. The van der Waals surface area contributed by atoms with Gasteiger partial charge in [0.1, 0.15) is 0 Å². The fourth-order valence-electron chi connectivity index (χ4n) is 2.84. The number of nitrogens with zero attached hydrogens (tertiary/aromatic N) is 2. The molecule has 0 saturated heterocycles. The standard InChI is InChI=1S/C21H23N3O3S/c1-3-24-18-11-10-16(20(26)27-4-2)12-17(18)23-21(24)28-14-19(25)22-13-15-8-6-5-7-9-15/h5-12H,3-4,13-14H2,1-2H3,(H,22,25). The number of imidazole rings is 1. The molecule has 7 heteroatoms. The highest BCUT2D eigenvalue weighted by Crippen LogP contribution is 2.25. The predicted octanol–water partition coefficient (Wildman–Crippen LogP) is 3.64. The van der Waals surface area contributed by atoms with E-state index in [0.29, 0.717) is 18.7 Å². The summed E-state index contributed by atoms with van der Waals surface area (Å²) in [6.45, 7) is 5.37. The average Bonchev–Trinajstić information content (AvgIpc) is 3.08. The monoisotopic (exact) mass is 397 g/mol. The van der Waals surface area contributed by atoms with Crippen LogP contribution in [-0.2, 0) is 22.6 Å². The number of rotatable bonds is 8. The number of thioether (sulfide) groups is 1. The Morgan fingerprint density at radius 3 is 2.64 bits per heavy atom. The molecule has 0 unspecified atom stereocenters. The first kappa shape index (κ1) is 19.9. The molecule has 1 N–H and O–H groups in total. The molecule has 1 aromatic heterocycles. The molecular formula is C21H23N3O3S. The molecular weight excluding hydrogens is 374 g/mol. The summed E-state index contributed by atoms with van der Waals surface area (Å²) in [4.78, 5) is 28.7. The van der Waals surface area contributed by atoms with Crippen LogP contribution in [0.3, 0.4) is 0 Å². The molecule has 0 saturated carbocycles. The first-order valence-electron chi connectivity index (χ1n) is 9.23. The number of amides is 1. The number of aromatic nitrogens is 2. The van der Waals surface area contributed by atoms with Crippen LogP contribution in [0.25, 0.3) is 11.0 Å². The van der Waals surface area contributed by atoms with Gasteiger partial charge < -0.3 is 14.6 Å². The molecule has 0 radical (unpaired) electrons. The molecule has 0 bridgehead atoms. The van der Waals surface area contributed by atoms with Crippen LogP contribution in [0.15, 0.2) is 53.7 Å². The van der Waals surface area contributed by atoms with Crippen LogP contribution >= 0.6 is 11.8 Å². The lowest BCUT2D eigenvalue weighted by atomic mass is 10.2. The number of ether oxygens (including phenoxy) is 1. The maximum atomic E-state index is 12.2. The van der Waals surface area contributed by atoms with Crippen molar-refractivity contribution < 1.29 is 14.3 Å². The van der Waals surface area contributed by atoms with Crippen molar-refractivity contribution in [3.8, 4) is 0 Å². The van der Waals surface area contributed by atoms with Crippen LogP contribution in [0.2, 0.25) is 0 Å². The maximum Gasteiger partial charge on any atom is 0.338 e. The fraction of sp³-hybridized carbons (Fsp3) is 0.286. The number of hydrogen-bond donors (Lipinski definition) is 1. The minimum absolute atomic E-state index is 0.0456. The minimum atomic E-state index is -0.357. The number of benzene rings is 2. The van der Waals surface area contributed by atoms with E-state index in [1.165, 1.54) is 11.8 Å². The van der Waals surface area contributed by atoms with E-state index < -0.39 is 0 Å². The van der Waals surface area contributed by atoms with Crippen molar-refractivity contribution in [1.29, 1.82) is 0 Å². The summed E-state index contributed by atoms with van der Waals surface area (Å²) in [5, 5.41) is 3.68. The molecule has 2 aromatic carbocycles. The zero-order valence-corrected chi connectivity index (χ0v) is 16.8. The van der Waals surface area contributed by atoms with E-state index in [-0.39, 0.29) is 17.6 Å². The summed E-state index contributed by atoms with van der Waals surface area (Å²) in [7, 11) is 0. The maximum absolute atomic E-state index is 12.2. The Hall–Kier alpha value is -2.80. The number of esters is 1. The molecule has 3 rings (SSSR count). The lowest BCUT2D eigenvalue weighted by Crippen LogP contribution is -2.24. The average molecular weight is 398 g/mol. The Morgan fingerprint density at radius 2 is 1.93 bits per heavy atom. The Kier molecular flexibility index (Phi) is 6.71. The van der Waals surface area contributed by atoms with E-state index in [2.05, 4.69) is 10.3 Å². The molecule has 3 aromatic rings. The second-order valence-corrected chi connectivity index (χ2v) is 7.06. The van der Waals surface area contributed by atoms with Gasteiger partial charge in [-0.1, -0.05) is 42.1 Å². The van der Waals surface area contributed by atoms with E-state index in [1.54, 1.807) is 19.1 Å². The molecule has 146 valence electrons. The quantitative estimate of drug-likeness (QED) is 0.464. The molecule has 0 fully saturated rings. The third kappa shape index (κ3) is 4.72. The molecule has 28 heavy (non-hydrogen) atoms. The number of fused-ring (bicyclic) bond motifs is 1. The second kappa shape index (κ2) is 9.41. The van der Waals surface area contributed by atoms with Gasteiger partial charge in [0.2, 0.25) is 5.91 Å². The highest BCUT2D eigenvalue weighted by Gasteiger charge is 2.15. The third-order valence-corrected chi connectivity index (χ3v) is 5.18. The first-order valence-corrected chi connectivity index (χ1v) is 10.2. The first-order chi connectivity index (χ1) is 13.6. The lowest BCUT2D eigenvalue weighted by molar-refractivity contribution is -0.118. The van der Waals surface area contributed by atoms with Gasteiger partial charge in [0, 0.05) is 13.1 Å². The lowest BCUT2D eigenvalue weighted by Gasteiger charge is -2.07. The minimum Gasteiger partial charge on any atom is -0.462 e. The number of carbonyl (C=O) groups is 2. The molecule has 6 nitrogen and oxygen atoms in total. The van der Waals surface area contributed by atoms with E-state index >= 15 is 0 Å². The van der Waals surface area contributed by atoms with Crippen LogP contribution in [-0.4, -0.2) is 33.8 Å². The van der Waals surface area contributed by atoms with Gasteiger partial charge in [0.05, 0.1) is 29.0 Å². The van der Waals surface area contributed by atoms with Gasteiger partial charge >= 0.3 is 5.97 Å². The van der Waals surface area contributed by atoms with Gasteiger partial charge in [-0.25, -0.2) is 9.78 Å². The van der Waals surface area contributed by atoms with E-state index in [9.17, 15) is 9.59 Å². The number of aryl methyl sites for hydroxylation is 1. The summed E-state index contributed by atoms with van der Waals surface area (Å²) in [6.07, 6.45) is 0.